The van der Waals surface area contributed by atoms with E-state index in [2.05, 4.69) is 36.1 Å². The molecule has 0 N–H and O–H groups in total. The van der Waals surface area contributed by atoms with Gasteiger partial charge in [-0.05, 0) is 13.8 Å². The van der Waals surface area contributed by atoms with E-state index in [9.17, 15) is 4.79 Å². The molecule has 1 rings (SSSR count). The second-order valence-corrected chi connectivity index (χ2v) is 10.2. The van der Waals surface area contributed by atoms with Crippen LogP contribution in [0.15, 0.2) is 6.20 Å². The van der Waals surface area contributed by atoms with Crippen molar-refractivity contribution in [2.45, 2.75) is 46.5 Å². The van der Waals surface area contributed by atoms with Gasteiger partial charge in [0.05, 0.1) is 6.20 Å². The summed E-state index contributed by atoms with van der Waals surface area (Å²) in [5.41, 5.74) is 4.14. The molecule has 0 fully saturated rings. The Morgan fingerprint density at radius 3 is 2.41 bits per heavy atom. The number of Topliss-reactive ketones (excluding diaryl/α,β-unsaturated/α-hetero) is 1. The molecule has 0 spiro atoms. The van der Waals surface area contributed by atoms with Gasteiger partial charge in [-0.3, -0.25) is 4.79 Å². The lowest BCUT2D eigenvalue weighted by molar-refractivity contribution is 0.0998. The molecule has 1 heterocycles. The summed E-state index contributed by atoms with van der Waals surface area (Å²) in [5.74, 6) is 3.66. The van der Waals surface area contributed by atoms with E-state index in [-0.39, 0.29) is 11.8 Å². The molecule has 0 bridgehead atoms. The zero-order valence-corrected chi connectivity index (χ0v) is 12.5. The van der Waals surface area contributed by atoms with Crippen LogP contribution >= 0.6 is 0 Å². The average molecular weight is 248 g/mol. The minimum absolute atomic E-state index is 0.0141. The van der Waals surface area contributed by atoms with Gasteiger partial charge < -0.3 is 4.57 Å². The van der Waals surface area contributed by atoms with Crippen LogP contribution in [0.2, 0.25) is 19.6 Å². The van der Waals surface area contributed by atoms with Gasteiger partial charge in [0.15, 0.2) is 11.6 Å². The summed E-state index contributed by atoms with van der Waals surface area (Å²) in [6, 6.07) is 0.197. The van der Waals surface area contributed by atoms with Crippen molar-refractivity contribution in [2.75, 3.05) is 0 Å². The number of hydrogen-bond acceptors (Lipinski definition) is 2. The first-order valence-corrected chi connectivity index (χ1v) is 9.33. The average Bonchev–Trinajstić information content (AvgIpc) is 2.56. The Kier molecular flexibility index (Phi) is 3.94. The lowest BCUT2D eigenvalue weighted by Gasteiger charge is -2.11. The lowest BCUT2D eigenvalue weighted by Crippen LogP contribution is -2.17. The Morgan fingerprint density at radius 2 is 2.00 bits per heavy atom. The Bertz CT molecular complexity index is 484. The van der Waals surface area contributed by atoms with Crippen LogP contribution in [0.1, 0.15) is 43.1 Å². The van der Waals surface area contributed by atoms with E-state index in [1.54, 1.807) is 6.20 Å². The van der Waals surface area contributed by atoms with Crippen LogP contribution in [0.4, 0.5) is 0 Å². The van der Waals surface area contributed by atoms with Crippen LogP contribution < -0.4 is 0 Å². The topological polar surface area (TPSA) is 34.9 Å². The number of carbonyl (C=O) groups is 1. The van der Waals surface area contributed by atoms with Crippen LogP contribution in [0.3, 0.4) is 0 Å². The lowest BCUT2D eigenvalue weighted by atomic mass is 10.3. The predicted octanol–water partition coefficient (Wildman–Crippen LogP) is 2.90. The summed E-state index contributed by atoms with van der Waals surface area (Å²) < 4.78 is 1.91. The Balaban J connectivity index is 3.26. The van der Waals surface area contributed by atoms with Gasteiger partial charge in [0, 0.05) is 13.0 Å². The summed E-state index contributed by atoms with van der Waals surface area (Å²) in [5, 5.41) is 0. The number of rotatable bonds is 2. The molecule has 0 amide bonds. The fourth-order valence-electron chi connectivity index (χ4n) is 1.49. The highest BCUT2D eigenvalue weighted by molar-refractivity contribution is 6.83. The van der Waals surface area contributed by atoms with E-state index in [0.717, 1.165) is 5.69 Å². The Morgan fingerprint density at radius 1 is 1.41 bits per heavy atom. The summed E-state index contributed by atoms with van der Waals surface area (Å²) in [6.45, 7) is 12.2. The van der Waals surface area contributed by atoms with Crippen LogP contribution in [0.25, 0.3) is 0 Å². The van der Waals surface area contributed by atoms with E-state index < -0.39 is 8.07 Å². The number of hydrogen-bond donors (Lipinski definition) is 0. The molecule has 1 aromatic heterocycles. The molecule has 1 aromatic rings. The predicted molar refractivity (Wildman–Crippen MR) is 72.8 cm³/mol. The largest absolute Gasteiger partial charge is 0.313 e. The highest BCUT2D eigenvalue weighted by Gasteiger charge is 2.15. The molecule has 92 valence electrons. The molecule has 4 heteroatoms. The third-order valence-corrected chi connectivity index (χ3v) is 3.07. The molecule has 0 saturated heterocycles. The highest BCUT2D eigenvalue weighted by atomic mass is 28.3. The van der Waals surface area contributed by atoms with Gasteiger partial charge in [0.1, 0.15) is 13.8 Å². The monoisotopic (exact) mass is 248 g/mol. The first-order valence-electron chi connectivity index (χ1n) is 5.83. The zero-order chi connectivity index (χ0) is 13.2. The second-order valence-electron chi connectivity index (χ2n) is 5.49. The Hall–Kier alpha value is -1.34. The maximum absolute atomic E-state index is 11.5. The molecule has 0 aliphatic heterocycles. The van der Waals surface area contributed by atoms with Gasteiger partial charge in [0.25, 0.3) is 0 Å². The maximum atomic E-state index is 11.5. The van der Waals surface area contributed by atoms with E-state index in [4.69, 9.17) is 0 Å². The van der Waals surface area contributed by atoms with E-state index in [0.29, 0.717) is 5.82 Å². The molecule has 3 nitrogen and oxygen atoms in total. The van der Waals surface area contributed by atoms with Crippen molar-refractivity contribution >= 4 is 13.9 Å². The molecule has 0 aliphatic carbocycles. The van der Waals surface area contributed by atoms with Crippen LogP contribution in [0, 0.1) is 11.5 Å². The van der Waals surface area contributed by atoms with Crippen molar-refractivity contribution in [3.05, 3.63) is 17.7 Å². The number of imidazole rings is 1. The minimum Gasteiger partial charge on any atom is -0.313 e. The van der Waals surface area contributed by atoms with Crippen molar-refractivity contribution < 1.29 is 4.79 Å². The van der Waals surface area contributed by atoms with Crippen LogP contribution in [-0.4, -0.2) is 23.4 Å². The fourth-order valence-corrected chi connectivity index (χ4v) is 1.99. The van der Waals surface area contributed by atoms with Gasteiger partial charge in [-0.25, -0.2) is 4.98 Å². The quantitative estimate of drug-likeness (QED) is 0.458. The number of ketones is 1. The molecule has 17 heavy (non-hydrogen) atoms. The van der Waals surface area contributed by atoms with Gasteiger partial charge in [-0.2, -0.15) is 0 Å². The third kappa shape index (κ3) is 3.57. The summed E-state index contributed by atoms with van der Waals surface area (Å²) in [4.78, 5) is 15.6. The van der Waals surface area contributed by atoms with Gasteiger partial charge in [-0.15, -0.1) is 5.54 Å². The molecule has 0 saturated carbocycles. The first-order chi connectivity index (χ1) is 7.72. The third-order valence-electron chi connectivity index (χ3n) is 2.19. The SMILES string of the molecule is CC(=O)c1ncc(C#C[Si](C)(C)C)n1C(C)C. The summed E-state index contributed by atoms with van der Waals surface area (Å²) in [6.07, 6.45) is 1.70. The van der Waals surface area contributed by atoms with Crippen molar-refractivity contribution in [3.63, 3.8) is 0 Å². The molecular formula is C13H20N2OSi. The normalized spacial score (nSPS) is 11.2. The highest BCUT2D eigenvalue weighted by Crippen LogP contribution is 2.13. The van der Waals surface area contributed by atoms with Crippen LogP contribution in [0.5, 0.6) is 0 Å². The summed E-state index contributed by atoms with van der Waals surface area (Å²) >= 11 is 0. The smallest absolute Gasteiger partial charge is 0.195 e. The van der Waals surface area contributed by atoms with Crippen LogP contribution in [-0.2, 0) is 0 Å². The standard InChI is InChI=1S/C13H20N2OSi/c1-10(2)15-12(7-8-17(4,5)6)9-14-13(15)11(3)16/h9-10H,1-6H3. The molecule has 0 radical (unpaired) electrons. The molecule has 0 atom stereocenters. The Labute approximate surface area is 104 Å². The van der Waals surface area contributed by atoms with Gasteiger partial charge >= 0.3 is 0 Å². The fraction of sp³-hybridized carbons (Fsp3) is 0.538. The van der Waals surface area contributed by atoms with E-state index in [1.165, 1.54) is 6.92 Å². The van der Waals surface area contributed by atoms with Gasteiger partial charge in [-0.1, -0.05) is 25.6 Å². The van der Waals surface area contributed by atoms with Crippen molar-refractivity contribution in [3.8, 4) is 11.5 Å². The van der Waals surface area contributed by atoms with E-state index >= 15 is 0 Å². The van der Waals surface area contributed by atoms with Crippen molar-refractivity contribution in [1.29, 1.82) is 0 Å². The van der Waals surface area contributed by atoms with E-state index in [1.807, 2.05) is 18.4 Å². The summed E-state index contributed by atoms with van der Waals surface area (Å²) in [7, 11) is -1.40. The molecule has 0 unspecified atom stereocenters. The number of carbonyl (C=O) groups excluding carboxylic acids is 1. The minimum atomic E-state index is -1.40. The molecule has 0 aromatic carbocycles. The maximum Gasteiger partial charge on any atom is 0.195 e. The second kappa shape index (κ2) is 4.88. The molecular weight excluding hydrogens is 228 g/mol. The zero-order valence-electron chi connectivity index (χ0n) is 11.5. The number of aromatic nitrogens is 2. The van der Waals surface area contributed by atoms with Crippen molar-refractivity contribution in [2.24, 2.45) is 0 Å². The van der Waals surface area contributed by atoms with Gasteiger partial charge in [0.2, 0.25) is 0 Å². The van der Waals surface area contributed by atoms with Crippen molar-refractivity contribution in [1.82, 2.24) is 9.55 Å². The molecule has 0 aliphatic rings. The number of nitrogens with zero attached hydrogens (tertiary/aromatic N) is 2. The first kappa shape index (κ1) is 13.7.